The molecule has 0 radical (unpaired) electrons. The molecule has 98 valence electrons. The van der Waals surface area contributed by atoms with Crippen molar-refractivity contribution in [3.05, 3.63) is 18.2 Å². The molecule has 4 heteroatoms. The van der Waals surface area contributed by atoms with Crippen molar-refractivity contribution in [2.24, 2.45) is 0 Å². The van der Waals surface area contributed by atoms with Gasteiger partial charge in [0.2, 0.25) is 5.95 Å². The monoisotopic (exact) mass is 247 g/mol. The maximum Gasteiger partial charge on any atom is 0.201 e. The largest absolute Gasteiger partial charge is 0.494 e. The van der Waals surface area contributed by atoms with E-state index in [4.69, 9.17) is 10.5 Å². The molecule has 2 rings (SSSR count). The van der Waals surface area contributed by atoms with Gasteiger partial charge in [-0.25, -0.2) is 4.98 Å². The molecule has 0 aliphatic rings. The van der Waals surface area contributed by atoms with E-state index in [0.29, 0.717) is 5.95 Å². The molecule has 1 aromatic carbocycles. The molecule has 0 fully saturated rings. The van der Waals surface area contributed by atoms with Gasteiger partial charge in [-0.1, -0.05) is 19.4 Å². The van der Waals surface area contributed by atoms with Gasteiger partial charge in [-0.15, -0.1) is 0 Å². The van der Waals surface area contributed by atoms with E-state index in [2.05, 4.69) is 30.3 Å². The summed E-state index contributed by atoms with van der Waals surface area (Å²) in [4.78, 5) is 4.45. The summed E-state index contributed by atoms with van der Waals surface area (Å²) in [6.45, 7) is 6.55. The van der Waals surface area contributed by atoms with E-state index in [1.165, 1.54) is 0 Å². The highest BCUT2D eigenvalue weighted by molar-refractivity contribution is 5.84. The van der Waals surface area contributed by atoms with Crippen LogP contribution in [-0.2, 0) is 5.54 Å². The summed E-state index contributed by atoms with van der Waals surface area (Å²) in [6, 6.07) is 5.92. The molecular formula is C14H21N3O. The maximum absolute atomic E-state index is 6.09. The molecule has 0 unspecified atom stereocenters. The predicted molar refractivity (Wildman–Crippen MR) is 74.9 cm³/mol. The van der Waals surface area contributed by atoms with Gasteiger partial charge < -0.3 is 15.0 Å². The van der Waals surface area contributed by atoms with Crippen molar-refractivity contribution in [2.45, 2.75) is 39.2 Å². The van der Waals surface area contributed by atoms with Crippen LogP contribution >= 0.6 is 0 Å². The molecule has 4 nitrogen and oxygen atoms in total. The van der Waals surface area contributed by atoms with Crippen molar-refractivity contribution in [2.75, 3.05) is 12.8 Å². The van der Waals surface area contributed by atoms with Crippen molar-refractivity contribution in [3.8, 4) is 5.75 Å². The number of nitrogens with two attached hydrogens (primary N) is 1. The number of hydrogen-bond acceptors (Lipinski definition) is 3. The second kappa shape index (κ2) is 4.52. The summed E-state index contributed by atoms with van der Waals surface area (Å²) in [5, 5.41) is 0. The Labute approximate surface area is 108 Å². The van der Waals surface area contributed by atoms with Crippen LogP contribution in [0, 0.1) is 0 Å². The van der Waals surface area contributed by atoms with E-state index in [9.17, 15) is 0 Å². The number of fused-ring (bicyclic) bond motifs is 1. The van der Waals surface area contributed by atoms with Gasteiger partial charge in [0.25, 0.3) is 0 Å². The number of benzene rings is 1. The molecule has 0 saturated heterocycles. The first kappa shape index (κ1) is 12.7. The van der Waals surface area contributed by atoms with E-state index >= 15 is 0 Å². The second-order valence-corrected chi connectivity index (χ2v) is 5.20. The normalized spacial score (nSPS) is 12.0. The Hall–Kier alpha value is -1.71. The third-order valence-corrected chi connectivity index (χ3v) is 3.36. The Balaban J connectivity index is 2.68. The number of ether oxygens (including phenoxy) is 1. The molecule has 18 heavy (non-hydrogen) atoms. The maximum atomic E-state index is 6.09. The van der Waals surface area contributed by atoms with E-state index in [1.807, 2.05) is 18.2 Å². The highest BCUT2D eigenvalue weighted by Gasteiger charge is 2.25. The molecule has 1 heterocycles. The minimum atomic E-state index is -0.0417. The van der Waals surface area contributed by atoms with Gasteiger partial charge in [0, 0.05) is 5.54 Å². The van der Waals surface area contributed by atoms with E-state index in [-0.39, 0.29) is 5.54 Å². The summed E-state index contributed by atoms with van der Waals surface area (Å²) >= 11 is 0. The van der Waals surface area contributed by atoms with Crippen LogP contribution in [0.2, 0.25) is 0 Å². The number of anilines is 1. The summed E-state index contributed by atoms with van der Waals surface area (Å²) in [7, 11) is 1.65. The van der Waals surface area contributed by atoms with E-state index in [1.54, 1.807) is 7.11 Å². The summed E-state index contributed by atoms with van der Waals surface area (Å²) in [6.07, 6.45) is 2.16. The lowest BCUT2D eigenvalue weighted by atomic mass is 9.98. The predicted octanol–water partition coefficient (Wildman–Crippen LogP) is 3.16. The lowest BCUT2D eigenvalue weighted by Gasteiger charge is -2.28. The third-order valence-electron chi connectivity index (χ3n) is 3.36. The molecule has 0 amide bonds. The summed E-state index contributed by atoms with van der Waals surface area (Å²) in [5.74, 6) is 1.32. The number of nitrogens with zero attached hydrogens (tertiary/aromatic N) is 2. The lowest BCUT2D eigenvalue weighted by molar-refractivity contribution is 0.338. The summed E-state index contributed by atoms with van der Waals surface area (Å²) in [5.41, 5.74) is 7.92. The van der Waals surface area contributed by atoms with Gasteiger partial charge in [0.15, 0.2) is 0 Å². The highest BCUT2D eigenvalue weighted by atomic mass is 16.5. The smallest absolute Gasteiger partial charge is 0.201 e. The Kier molecular flexibility index (Phi) is 3.20. The van der Waals surface area contributed by atoms with Crippen molar-refractivity contribution < 1.29 is 4.74 Å². The molecule has 2 aromatic rings. The van der Waals surface area contributed by atoms with Crippen LogP contribution in [0.1, 0.15) is 33.6 Å². The third kappa shape index (κ3) is 1.92. The molecule has 1 aromatic heterocycles. The number of methoxy groups -OCH3 is 1. The topological polar surface area (TPSA) is 53.1 Å². The first-order chi connectivity index (χ1) is 8.51. The number of rotatable bonds is 4. The Morgan fingerprint density at radius 2 is 2.11 bits per heavy atom. The fraction of sp³-hybridized carbons (Fsp3) is 0.500. The van der Waals surface area contributed by atoms with Crippen LogP contribution in [0.3, 0.4) is 0 Å². The van der Waals surface area contributed by atoms with E-state index in [0.717, 1.165) is 29.6 Å². The van der Waals surface area contributed by atoms with Crippen molar-refractivity contribution >= 4 is 17.0 Å². The van der Waals surface area contributed by atoms with Crippen molar-refractivity contribution in [1.82, 2.24) is 9.55 Å². The molecule has 0 aliphatic heterocycles. The zero-order valence-electron chi connectivity index (χ0n) is 11.5. The minimum Gasteiger partial charge on any atom is -0.494 e. The number of para-hydroxylation sites is 1. The quantitative estimate of drug-likeness (QED) is 0.902. The zero-order valence-corrected chi connectivity index (χ0v) is 11.5. The number of hydrogen-bond donors (Lipinski definition) is 1. The van der Waals surface area contributed by atoms with Gasteiger partial charge >= 0.3 is 0 Å². The number of imidazole rings is 1. The van der Waals surface area contributed by atoms with Crippen LogP contribution in [0.25, 0.3) is 11.0 Å². The van der Waals surface area contributed by atoms with Gasteiger partial charge in [-0.2, -0.15) is 0 Å². The standard InChI is InChI=1S/C14H21N3O/c1-5-9-14(2,3)17-10-7-6-8-11(18-4)12(10)16-13(17)15/h6-8H,5,9H2,1-4H3,(H2,15,16). The molecule has 0 aliphatic carbocycles. The van der Waals surface area contributed by atoms with Gasteiger partial charge in [0.1, 0.15) is 11.3 Å². The fourth-order valence-electron chi connectivity index (χ4n) is 2.62. The highest BCUT2D eigenvalue weighted by Crippen LogP contribution is 2.33. The Morgan fingerprint density at radius 1 is 1.39 bits per heavy atom. The second-order valence-electron chi connectivity index (χ2n) is 5.20. The average molecular weight is 247 g/mol. The molecule has 0 bridgehead atoms. The molecule has 0 atom stereocenters. The fourth-order valence-corrected chi connectivity index (χ4v) is 2.62. The molecule has 2 N–H and O–H groups in total. The van der Waals surface area contributed by atoms with Crippen molar-refractivity contribution in [3.63, 3.8) is 0 Å². The number of nitrogen functional groups attached to an aromatic ring is 1. The average Bonchev–Trinajstić information content (AvgIpc) is 2.65. The first-order valence-electron chi connectivity index (χ1n) is 6.32. The molecule has 0 saturated carbocycles. The Morgan fingerprint density at radius 3 is 2.72 bits per heavy atom. The van der Waals surface area contributed by atoms with Crippen molar-refractivity contribution in [1.29, 1.82) is 0 Å². The Bertz CT molecular complexity index is 557. The van der Waals surface area contributed by atoms with Crippen LogP contribution < -0.4 is 10.5 Å². The number of aromatic nitrogens is 2. The van der Waals surface area contributed by atoms with Crippen LogP contribution in [0.15, 0.2) is 18.2 Å². The molecule has 0 spiro atoms. The zero-order chi connectivity index (χ0) is 13.3. The van der Waals surface area contributed by atoms with Gasteiger partial charge in [-0.3, -0.25) is 0 Å². The lowest BCUT2D eigenvalue weighted by Crippen LogP contribution is -2.27. The molecular weight excluding hydrogens is 226 g/mol. The van der Waals surface area contributed by atoms with Crippen LogP contribution in [0.4, 0.5) is 5.95 Å². The first-order valence-corrected chi connectivity index (χ1v) is 6.32. The minimum absolute atomic E-state index is 0.0417. The van der Waals surface area contributed by atoms with Gasteiger partial charge in [-0.05, 0) is 32.4 Å². The SMILES string of the molecule is CCCC(C)(C)n1c(N)nc2c(OC)cccc21. The van der Waals surface area contributed by atoms with Crippen LogP contribution in [-0.4, -0.2) is 16.7 Å². The van der Waals surface area contributed by atoms with Crippen LogP contribution in [0.5, 0.6) is 5.75 Å². The van der Waals surface area contributed by atoms with Gasteiger partial charge in [0.05, 0.1) is 12.6 Å². The van der Waals surface area contributed by atoms with E-state index < -0.39 is 0 Å². The summed E-state index contributed by atoms with van der Waals surface area (Å²) < 4.78 is 7.44.